The number of carbonyl (C=O) groups excluding carboxylic acids is 1. The molecule has 16 heavy (non-hydrogen) atoms. The number of Topliss-reactive ketones (excluding diaryl/α,β-unsaturated/α-hetero) is 1. The average Bonchev–Trinajstić information content (AvgIpc) is 2.28. The van der Waals surface area contributed by atoms with Crippen molar-refractivity contribution in [1.82, 2.24) is 0 Å². The second-order valence-corrected chi connectivity index (χ2v) is 4.19. The summed E-state index contributed by atoms with van der Waals surface area (Å²) in [7, 11) is 0. The van der Waals surface area contributed by atoms with Crippen LogP contribution in [0.25, 0.3) is 0 Å². The van der Waals surface area contributed by atoms with Crippen LogP contribution in [0.3, 0.4) is 0 Å². The molecule has 0 saturated carbocycles. The van der Waals surface area contributed by atoms with Crippen molar-refractivity contribution >= 4 is 5.78 Å². The predicted molar refractivity (Wildman–Crippen MR) is 69.2 cm³/mol. The summed E-state index contributed by atoms with van der Waals surface area (Å²) in [6, 6.07) is 0. The third kappa shape index (κ3) is 2.82. The molecular formula is C15H20O. The molecule has 1 rings (SSSR count). The van der Waals surface area contributed by atoms with E-state index >= 15 is 0 Å². The topological polar surface area (TPSA) is 17.1 Å². The quantitative estimate of drug-likeness (QED) is 0.613. The van der Waals surface area contributed by atoms with Crippen molar-refractivity contribution in [3.63, 3.8) is 0 Å². The Kier molecular flexibility index (Phi) is 4.97. The van der Waals surface area contributed by atoms with Crippen LogP contribution < -0.4 is 0 Å². The van der Waals surface area contributed by atoms with Gasteiger partial charge in [-0.25, -0.2) is 0 Å². The van der Waals surface area contributed by atoms with Crippen LogP contribution >= 0.6 is 0 Å². The Morgan fingerprint density at radius 2 is 1.81 bits per heavy atom. The lowest BCUT2D eigenvalue weighted by molar-refractivity contribution is -0.119. The van der Waals surface area contributed by atoms with Crippen molar-refractivity contribution in [2.75, 3.05) is 0 Å². The van der Waals surface area contributed by atoms with Crippen LogP contribution in [0.1, 0.15) is 32.1 Å². The first-order valence-electron chi connectivity index (χ1n) is 5.82. The molecule has 0 aromatic carbocycles. The van der Waals surface area contributed by atoms with Crippen molar-refractivity contribution < 1.29 is 4.79 Å². The number of hydrogen-bond acceptors (Lipinski definition) is 1. The molecule has 1 aliphatic rings. The molecule has 0 amide bonds. The van der Waals surface area contributed by atoms with E-state index < -0.39 is 0 Å². The molecule has 1 aliphatic carbocycles. The Morgan fingerprint density at radius 3 is 2.38 bits per heavy atom. The molecule has 0 aromatic heterocycles. The zero-order valence-electron chi connectivity index (χ0n) is 9.87. The number of carbonyl (C=O) groups is 1. The molecule has 1 heteroatoms. The van der Waals surface area contributed by atoms with Crippen LogP contribution in [0.15, 0.2) is 49.1 Å². The predicted octanol–water partition coefficient (Wildman–Crippen LogP) is 3.99. The summed E-state index contributed by atoms with van der Waals surface area (Å²) in [6.45, 7) is 11.2. The number of hydrogen-bond donors (Lipinski definition) is 0. The third-order valence-corrected chi connectivity index (χ3v) is 3.08. The molecular weight excluding hydrogens is 196 g/mol. The molecule has 0 fully saturated rings. The van der Waals surface area contributed by atoms with Gasteiger partial charge < -0.3 is 0 Å². The first-order chi connectivity index (χ1) is 7.74. The van der Waals surface area contributed by atoms with Crippen LogP contribution in [0, 0.1) is 5.92 Å². The fourth-order valence-corrected chi connectivity index (χ4v) is 2.27. The van der Waals surface area contributed by atoms with Crippen LogP contribution in [0.5, 0.6) is 0 Å². The summed E-state index contributed by atoms with van der Waals surface area (Å²) in [5.41, 5.74) is 2.22. The molecule has 0 aliphatic heterocycles. The summed E-state index contributed by atoms with van der Waals surface area (Å²) in [5, 5.41) is 0. The van der Waals surface area contributed by atoms with Gasteiger partial charge in [0, 0.05) is 5.92 Å². The van der Waals surface area contributed by atoms with Gasteiger partial charge >= 0.3 is 0 Å². The summed E-state index contributed by atoms with van der Waals surface area (Å²) < 4.78 is 0. The monoisotopic (exact) mass is 216 g/mol. The van der Waals surface area contributed by atoms with Crippen LogP contribution in [-0.4, -0.2) is 5.78 Å². The van der Waals surface area contributed by atoms with E-state index in [4.69, 9.17) is 0 Å². The number of allylic oxidation sites excluding steroid dienone is 5. The highest BCUT2D eigenvalue weighted by molar-refractivity contribution is 5.99. The Hall–Kier alpha value is -1.37. The van der Waals surface area contributed by atoms with Crippen LogP contribution in [0.4, 0.5) is 0 Å². The van der Waals surface area contributed by atoms with Crippen molar-refractivity contribution in [1.29, 1.82) is 0 Å². The molecule has 1 atom stereocenters. The van der Waals surface area contributed by atoms with Gasteiger partial charge in [-0.3, -0.25) is 4.79 Å². The van der Waals surface area contributed by atoms with E-state index in [1.807, 2.05) is 18.2 Å². The number of rotatable bonds is 6. The lowest BCUT2D eigenvalue weighted by atomic mass is 9.79. The first kappa shape index (κ1) is 12.7. The maximum atomic E-state index is 12.2. The molecule has 0 aromatic rings. The summed E-state index contributed by atoms with van der Waals surface area (Å²) in [6.07, 6.45) is 9.80. The smallest absolute Gasteiger partial charge is 0.162 e. The van der Waals surface area contributed by atoms with Gasteiger partial charge in [0.15, 0.2) is 5.78 Å². The molecule has 0 N–H and O–H groups in total. The fraction of sp³-hybridized carbons (Fsp3) is 0.400. The largest absolute Gasteiger partial charge is 0.294 e. The van der Waals surface area contributed by atoms with Crippen molar-refractivity contribution in [2.24, 2.45) is 5.92 Å². The van der Waals surface area contributed by atoms with E-state index in [0.29, 0.717) is 12.2 Å². The van der Waals surface area contributed by atoms with Crippen molar-refractivity contribution in [3.8, 4) is 0 Å². The number of ketones is 1. The zero-order valence-corrected chi connectivity index (χ0v) is 9.87. The third-order valence-electron chi connectivity index (χ3n) is 3.08. The molecule has 86 valence electrons. The van der Waals surface area contributed by atoms with Crippen molar-refractivity contribution in [3.05, 3.63) is 49.1 Å². The zero-order chi connectivity index (χ0) is 12.0. The van der Waals surface area contributed by atoms with Gasteiger partial charge in [0.2, 0.25) is 0 Å². The molecule has 0 heterocycles. The SMILES string of the molecule is C=CCC1=C(CC=C)C(=O)C(CC=C)CC1. The van der Waals surface area contributed by atoms with Gasteiger partial charge in [-0.05, 0) is 37.7 Å². The Labute approximate surface area is 98.2 Å². The van der Waals surface area contributed by atoms with Gasteiger partial charge in [-0.15, -0.1) is 19.7 Å². The van der Waals surface area contributed by atoms with Gasteiger partial charge in [-0.1, -0.05) is 23.8 Å². The minimum atomic E-state index is 0.140. The van der Waals surface area contributed by atoms with E-state index in [0.717, 1.165) is 31.3 Å². The Balaban J connectivity index is 2.93. The standard InChI is InChI=1S/C15H20O/c1-4-7-12-10-11-13(8-5-2)15(16)14(12)9-6-3/h4-6,13H,1-3,7-11H2. The van der Waals surface area contributed by atoms with Gasteiger partial charge in [0.25, 0.3) is 0 Å². The first-order valence-corrected chi connectivity index (χ1v) is 5.82. The Morgan fingerprint density at radius 1 is 1.12 bits per heavy atom. The van der Waals surface area contributed by atoms with E-state index in [2.05, 4.69) is 19.7 Å². The van der Waals surface area contributed by atoms with E-state index in [-0.39, 0.29) is 5.92 Å². The summed E-state index contributed by atoms with van der Waals surface area (Å²) >= 11 is 0. The second-order valence-electron chi connectivity index (χ2n) is 4.19. The average molecular weight is 216 g/mol. The normalized spacial score (nSPS) is 20.8. The summed E-state index contributed by atoms with van der Waals surface area (Å²) in [5.74, 6) is 0.434. The lowest BCUT2D eigenvalue weighted by Crippen LogP contribution is -2.22. The maximum Gasteiger partial charge on any atom is 0.162 e. The molecule has 0 bridgehead atoms. The molecule has 0 spiro atoms. The van der Waals surface area contributed by atoms with E-state index in [9.17, 15) is 4.79 Å². The van der Waals surface area contributed by atoms with Crippen LogP contribution in [0.2, 0.25) is 0 Å². The minimum Gasteiger partial charge on any atom is -0.294 e. The second kappa shape index (κ2) is 6.26. The van der Waals surface area contributed by atoms with Gasteiger partial charge in [0.1, 0.15) is 0 Å². The molecule has 1 nitrogen and oxygen atoms in total. The highest BCUT2D eigenvalue weighted by Crippen LogP contribution is 2.32. The molecule has 0 radical (unpaired) electrons. The van der Waals surface area contributed by atoms with Crippen molar-refractivity contribution in [2.45, 2.75) is 32.1 Å². The molecule has 0 saturated heterocycles. The van der Waals surface area contributed by atoms with Gasteiger partial charge in [-0.2, -0.15) is 0 Å². The maximum absolute atomic E-state index is 12.2. The Bertz CT molecular complexity index is 333. The van der Waals surface area contributed by atoms with E-state index in [1.165, 1.54) is 5.57 Å². The lowest BCUT2D eigenvalue weighted by Gasteiger charge is -2.24. The molecule has 1 unspecified atom stereocenters. The van der Waals surface area contributed by atoms with Crippen LogP contribution in [-0.2, 0) is 4.79 Å². The van der Waals surface area contributed by atoms with Gasteiger partial charge in [0.05, 0.1) is 0 Å². The minimum absolute atomic E-state index is 0.140. The van der Waals surface area contributed by atoms with E-state index in [1.54, 1.807) is 0 Å². The highest BCUT2D eigenvalue weighted by Gasteiger charge is 2.27. The fourth-order valence-electron chi connectivity index (χ4n) is 2.27. The highest BCUT2D eigenvalue weighted by atomic mass is 16.1. The summed E-state index contributed by atoms with van der Waals surface area (Å²) in [4.78, 5) is 12.2.